The second-order valence-electron chi connectivity index (χ2n) is 4.30. The van der Waals surface area contributed by atoms with Crippen molar-refractivity contribution in [3.05, 3.63) is 59.4 Å². The molecule has 0 aliphatic carbocycles. The quantitative estimate of drug-likeness (QED) is 0.735. The minimum Gasteiger partial charge on any atom is -0.256 e. The smallest absolute Gasteiger partial charge is 0.0655 e. The predicted molar refractivity (Wildman–Crippen MR) is 73.9 cm³/mol. The molecule has 0 saturated carbocycles. The predicted octanol–water partition coefficient (Wildman–Crippen LogP) is 4.40. The molecule has 0 fully saturated rings. The lowest BCUT2D eigenvalue weighted by atomic mass is 10.0. The number of nitrogens with zero attached hydrogens (tertiary/aromatic N) is 1. The van der Waals surface area contributed by atoms with Gasteiger partial charge in [0.25, 0.3) is 0 Å². The molecule has 2 aromatic rings. The summed E-state index contributed by atoms with van der Waals surface area (Å²) >= 11 is 0. The van der Waals surface area contributed by atoms with Crippen LogP contribution in [0.4, 0.5) is 0 Å². The normalized spacial score (nSPS) is 11.0. The zero-order chi connectivity index (χ0) is 12.3. The summed E-state index contributed by atoms with van der Waals surface area (Å²) in [5.41, 5.74) is 5.94. The van der Waals surface area contributed by atoms with Crippen molar-refractivity contribution in [2.45, 2.75) is 20.8 Å². The Kier molecular flexibility index (Phi) is 3.38. The van der Waals surface area contributed by atoms with Crippen molar-refractivity contribution in [3.8, 4) is 11.1 Å². The molecule has 0 amide bonds. The van der Waals surface area contributed by atoms with Crippen molar-refractivity contribution in [2.24, 2.45) is 0 Å². The number of aryl methyl sites for hydroxylation is 2. The fourth-order valence-electron chi connectivity index (χ4n) is 1.90. The second-order valence-corrected chi connectivity index (χ2v) is 4.30. The van der Waals surface area contributed by atoms with Crippen molar-refractivity contribution < 1.29 is 0 Å². The highest BCUT2D eigenvalue weighted by molar-refractivity contribution is 5.65. The van der Waals surface area contributed by atoms with Gasteiger partial charge in [0.15, 0.2) is 0 Å². The summed E-state index contributed by atoms with van der Waals surface area (Å²) in [5, 5.41) is 0. The summed E-state index contributed by atoms with van der Waals surface area (Å²) in [6.45, 7) is 6.22. The Balaban J connectivity index is 2.44. The molecule has 1 aromatic heterocycles. The van der Waals surface area contributed by atoms with Gasteiger partial charge in [-0.2, -0.15) is 0 Å². The zero-order valence-electron chi connectivity index (χ0n) is 10.6. The monoisotopic (exact) mass is 223 g/mol. The van der Waals surface area contributed by atoms with Gasteiger partial charge < -0.3 is 0 Å². The van der Waals surface area contributed by atoms with Crippen molar-refractivity contribution in [1.29, 1.82) is 0 Å². The van der Waals surface area contributed by atoms with Gasteiger partial charge in [-0.1, -0.05) is 35.9 Å². The maximum atomic E-state index is 4.49. The van der Waals surface area contributed by atoms with E-state index in [1.165, 1.54) is 22.3 Å². The molecule has 0 spiro atoms. The number of benzene rings is 1. The second kappa shape index (κ2) is 4.96. The summed E-state index contributed by atoms with van der Waals surface area (Å²) in [6.07, 6.45) is 5.99. The first-order valence-electron chi connectivity index (χ1n) is 5.87. The Hall–Kier alpha value is -1.89. The highest BCUT2D eigenvalue weighted by Crippen LogP contribution is 2.22. The fraction of sp³-hybridized carbons (Fsp3) is 0.188. The molecule has 0 aliphatic rings. The van der Waals surface area contributed by atoms with Gasteiger partial charge >= 0.3 is 0 Å². The largest absolute Gasteiger partial charge is 0.256 e. The van der Waals surface area contributed by atoms with Gasteiger partial charge in [0.05, 0.1) is 5.69 Å². The molecule has 0 radical (unpaired) electrons. The average molecular weight is 223 g/mol. The van der Waals surface area contributed by atoms with Crippen molar-refractivity contribution in [3.63, 3.8) is 0 Å². The molecule has 1 heteroatoms. The Morgan fingerprint density at radius 3 is 2.53 bits per heavy atom. The molecule has 0 unspecified atom stereocenters. The third-order valence-electron chi connectivity index (χ3n) is 2.79. The molecule has 0 saturated heterocycles. The Labute approximate surface area is 103 Å². The van der Waals surface area contributed by atoms with Gasteiger partial charge in [0.2, 0.25) is 0 Å². The molecular formula is C16H17N. The Morgan fingerprint density at radius 1 is 1.06 bits per heavy atom. The lowest BCUT2D eigenvalue weighted by molar-refractivity contribution is 1.23. The van der Waals surface area contributed by atoms with E-state index >= 15 is 0 Å². The first-order chi connectivity index (χ1) is 8.20. The lowest BCUT2D eigenvalue weighted by Gasteiger charge is -2.06. The summed E-state index contributed by atoms with van der Waals surface area (Å²) in [7, 11) is 0. The van der Waals surface area contributed by atoms with Crippen LogP contribution in [0.5, 0.6) is 0 Å². The number of hydrogen-bond acceptors (Lipinski definition) is 1. The first-order valence-corrected chi connectivity index (χ1v) is 5.87. The number of hydrogen-bond donors (Lipinski definition) is 0. The van der Waals surface area contributed by atoms with E-state index in [4.69, 9.17) is 0 Å². The Bertz CT molecular complexity index is 553. The molecule has 1 heterocycles. The van der Waals surface area contributed by atoms with Gasteiger partial charge in [-0.15, -0.1) is 0 Å². The van der Waals surface area contributed by atoms with E-state index in [-0.39, 0.29) is 0 Å². The standard InChI is InChI=1S/C16H17N/c1-4-6-16-13(3)10-15(11-17-16)14-8-5-7-12(2)9-14/h4-11H,1-3H3/b6-4-. The van der Waals surface area contributed by atoms with Gasteiger partial charge in [0, 0.05) is 11.8 Å². The van der Waals surface area contributed by atoms with E-state index in [1.54, 1.807) is 0 Å². The molecule has 0 aliphatic heterocycles. The molecule has 0 bridgehead atoms. The summed E-state index contributed by atoms with van der Waals surface area (Å²) in [5.74, 6) is 0. The third-order valence-corrected chi connectivity index (χ3v) is 2.79. The van der Waals surface area contributed by atoms with Gasteiger partial charge in [-0.25, -0.2) is 0 Å². The topological polar surface area (TPSA) is 12.9 Å². The summed E-state index contributed by atoms with van der Waals surface area (Å²) in [6, 6.07) is 10.7. The van der Waals surface area contributed by atoms with E-state index in [2.05, 4.69) is 49.2 Å². The van der Waals surface area contributed by atoms with Gasteiger partial charge in [0.1, 0.15) is 0 Å². The van der Waals surface area contributed by atoms with Crippen LogP contribution in [0.15, 0.2) is 42.6 Å². The van der Waals surface area contributed by atoms with Crippen LogP contribution in [0.1, 0.15) is 23.7 Å². The maximum absolute atomic E-state index is 4.49. The zero-order valence-corrected chi connectivity index (χ0v) is 10.6. The fourth-order valence-corrected chi connectivity index (χ4v) is 1.90. The van der Waals surface area contributed by atoms with Crippen LogP contribution in [-0.2, 0) is 0 Å². The van der Waals surface area contributed by atoms with Crippen molar-refractivity contribution >= 4 is 6.08 Å². The number of rotatable bonds is 2. The van der Waals surface area contributed by atoms with E-state index in [9.17, 15) is 0 Å². The highest BCUT2D eigenvalue weighted by atomic mass is 14.7. The molecular weight excluding hydrogens is 206 g/mol. The molecule has 2 rings (SSSR count). The van der Waals surface area contributed by atoms with Crippen LogP contribution < -0.4 is 0 Å². The van der Waals surface area contributed by atoms with E-state index in [0.29, 0.717) is 0 Å². The number of pyridine rings is 1. The minimum absolute atomic E-state index is 1.05. The average Bonchev–Trinajstić information content (AvgIpc) is 2.32. The van der Waals surface area contributed by atoms with Crippen LogP contribution in [0.3, 0.4) is 0 Å². The van der Waals surface area contributed by atoms with Gasteiger partial charge in [-0.05, 0) is 44.0 Å². The van der Waals surface area contributed by atoms with Crippen molar-refractivity contribution in [2.75, 3.05) is 0 Å². The number of aromatic nitrogens is 1. The van der Waals surface area contributed by atoms with E-state index in [0.717, 1.165) is 5.69 Å². The molecule has 86 valence electrons. The molecule has 1 aromatic carbocycles. The molecule has 0 atom stereocenters. The van der Waals surface area contributed by atoms with Crippen LogP contribution in [0.25, 0.3) is 17.2 Å². The van der Waals surface area contributed by atoms with Crippen molar-refractivity contribution in [1.82, 2.24) is 4.98 Å². The van der Waals surface area contributed by atoms with Crippen LogP contribution >= 0.6 is 0 Å². The van der Waals surface area contributed by atoms with E-state index in [1.807, 2.05) is 25.3 Å². The number of allylic oxidation sites excluding steroid dienone is 1. The summed E-state index contributed by atoms with van der Waals surface area (Å²) in [4.78, 5) is 4.49. The molecule has 0 N–H and O–H groups in total. The minimum atomic E-state index is 1.05. The van der Waals surface area contributed by atoms with E-state index < -0.39 is 0 Å². The lowest BCUT2D eigenvalue weighted by Crippen LogP contribution is -1.89. The van der Waals surface area contributed by atoms with Crippen LogP contribution in [-0.4, -0.2) is 4.98 Å². The SMILES string of the molecule is C/C=C\c1ncc(-c2cccc(C)c2)cc1C. The van der Waals surface area contributed by atoms with Crippen LogP contribution in [0.2, 0.25) is 0 Å². The van der Waals surface area contributed by atoms with Crippen LogP contribution in [0, 0.1) is 13.8 Å². The molecule has 1 nitrogen and oxygen atoms in total. The highest BCUT2D eigenvalue weighted by Gasteiger charge is 2.01. The Morgan fingerprint density at radius 2 is 1.88 bits per heavy atom. The molecule has 17 heavy (non-hydrogen) atoms. The summed E-state index contributed by atoms with van der Waals surface area (Å²) < 4.78 is 0. The van der Waals surface area contributed by atoms with Gasteiger partial charge in [-0.3, -0.25) is 4.98 Å². The first kappa shape index (κ1) is 11.6. The maximum Gasteiger partial charge on any atom is 0.0655 e. The third kappa shape index (κ3) is 2.62.